The van der Waals surface area contributed by atoms with Crippen LogP contribution in [0.25, 0.3) is 0 Å². The Morgan fingerprint density at radius 1 is 1.12 bits per heavy atom. The zero-order valence-electron chi connectivity index (χ0n) is 23.5. The van der Waals surface area contributed by atoms with Crippen LogP contribution in [0, 0.1) is 5.92 Å². The number of fused-ring (bicyclic) bond motifs is 1. The van der Waals surface area contributed by atoms with Crippen LogP contribution in [0.2, 0.25) is 0 Å². The minimum absolute atomic E-state index is 0.0594. The third-order valence-corrected chi connectivity index (χ3v) is 7.26. The van der Waals surface area contributed by atoms with Crippen LogP contribution in [0.3, 0.4) is 0 Å². The third-order valence-electron chi connectivity index (χ3n) is 7.26. The zero-order valence-corrected chi connectivity index (χ0v) is 23.5. The number of pyridine rings is 1. The fourth-order valence-corrected chi connectivity index (χ4v) is 4.87. The number of carbonyl (C=O) groups is 3. The monoisotopic (exact) mass is 560 g/mol. The van der Waals surface area contributed by atoms with E-state index in [1.807, 2.05) is 20.9 Å². The number of aliphatic hydroxyl groups is 1. The summed E-state index contributed by atoms with van der Waals surface area (Å²) in [5, 5.41) is 21.9. The number of amides is 2. The average molecular weight is 561 g/mol. The lowest BCUT2D eigenvalue weighted by Gasteiger charge is -2.34. The molecule has 1 aliphatic heterocycles. The summed E-state index contributed by atoms with van der Waals surface area (Å²) in [6.07, 6.45) is 2.86. The number of carbonyl (C=O) groups excluding carboxylic acids is 2. The van der Waals surface area contributed by atoms with Crippen molar-refractivity contribution < 1.29 is 29.3 Å². The van der Waals surface area contributed by atoms with Gasteiger partial charge in [0.25, 0.3) is 5.91 Å². The van der Waals surface area contributed by atoms with Crippen molar-refractivity contribution in [3.63, 3.8) is 0 Å². The molecule has 3 aromatic rings. The molecule has 0 saturated carbocycles. The first-order valence-electron chi connectivity index (χ1n) is 13.6. The number of aromatic carboxylic acids is 1. The van der Waals surface area contributed by atoms with Gasteiger partial charge in [0, 0.05) is 54.8 Å². The van der Waals surface area contributed by atoms with Crippen LogP contribution in [-0.4, -0.2) is 81.7 Å². The van der Waals surface area contributed by atoms with Crippen molar-refractivity contribution in [3.05, 3.63) is 89.2 Å². The van der Waals surface area contributed by atoms with Crippen LogP contribution in [0.5, 0.6) is 5.75 Å². The Kier molecular flexibility index (Phi) is 9.69. The van der Waals surface area contributed by atoms with Gasteiger partial charge in [-0.25, -0.2) is 4.79 Å². The predicted molar refractivity (Wildman–Crippen MR) is 154 cm³/mol. The molecule has 2 heterocycles. The maximum atomic E-state index is 13.4. The molecule has 10 heteroatoms. The smallest absolute Gasteiger partial charge is 0.335 e. The van der Waals surface area contributed by atoms with Crippen LogP contribution < -0.4 is 10.1 Å². The second-order valence-electron chi connectivity index (χ2n) is 10.6. The van der Waals surface area contributed by atoms with Gasteiger partial charge in [-0.1, -0.05) is 19.1 Å². The van der Waals surface area contributed by atoms with Crippen molar-refractivity contribution in [2.24, 2.45) is 5.92 Å². The number of hydrogen-bond donors (Lipinski definition) is 3. The molecule has 1 aromatic heterocycles. The number of nitrogens with one attached hydrogen (secondary N) is 1. The number of carboxylic acid groups (broad SMARTS) is 1. The van der Waals surface area contributed by atoms with Crippen LogP contribution >= 0.6 is 0 Å². The first-order chi connectivity index (χ1) is 19.6. The molecule has 0 aliphatic carbocycles. The highest BCUT2D eigenvalue weighted by Crippen LogP contribution is 2.29. The minimum Gasteiger partial charge on any atom is -0.488 e. The number of anilines is 1. The SMILES string of the molecule is C[C@H]1CN([C@@H](C)CO)C(=O)Cc2cc(NC(=O)c3ccncc3)ccc2O[C@H]1CN(C)Cc1ccc(C(=O)O)cc1. The lowest BCUT2D eigenvalue weighted by atomic mass is 10.0. The number of aromatic nitrogens is 1. The molecule has 0 unspecified atom stereocenters. The number of ether oxygens (including phenoxy) is 1. The number of nitrogens with zero attached hydrogens (tertiary/aromatic N) is 3. The summed E-state index contributed by atoms with van der Waals surface area (Å²) in [4.78, 5) is 45.1. The van der Waals surface area contributed by atoms with Gasteiger partial charge in [0.2, 0.25) is 5.91 Å². The first kappa shape index (κ1) is 29.7. The Labute approximate surface area is 239 Å². The molecule has 0 saturated heterocycles. The van der Waals surface area contributed by atoms with Crippen LogP contribution in [-0.2, 0) is 17.8 Å². The van der Waals surface area contributed by atoms with Gasteiger partial charge in [-0.15, -0.1) is 0 Å². The number of aliphatic hydroxyl groups excluding tert-OH is 1. The van der Waals surface area contributed by atoms with Crippen LogP contribution in [0.4, 0.5) is 5.69 Å². The summed E-state index contributed by atoms with van der Waals surface area (Å²) in [6.45, 7) is 5.21. The zero-order chi connectivity index (χ0) is 29.5. The van der Waals surface area contributed by atoms with E-state index in [4.69, 9.17) is 4.74 Å². The molecule has 0 radical (unpaired) electrons. The molecule has 0 spiro atoms. The Balaban J connectivity index is 1.57. The van der Waals surface area contributed by atoms with E-state index in [2.05, 4.69) is 15.2 Å². The summed E-state index contributed by atoms with van der Waals surface area (Å²) < 4.78 is 6.56. The maximum Gasteiger partial charge on any atom is 0.335 e. The fraction of sp³-hybridized carbons (Fsp3) is 0.355. The Bertz CT molecular complexity index is 1360. The summed E-state index contributed by atoms with van der Waals surface area (Å²) >= 11 is 0. The molecule has 2 aromatic carbocycles. The standard InChI is InChI=1S/C31H36N4O6/c1-20-16-35(21(2)19-36)29(37)15-25-14-26(33-30(38)23-10-12-32-13-11-23)8-9-27(25)41-28(20)18-34(3)17-22-4-6-24(7-5-22)31(39)40/h4-14,20-21,28,36H,15-19H2,1-3H3,(H,33,38)(H,39,40)/t20-,21-,28-/m0/s1. The van der Waals surface area contributed by atoms with Gasteiger partial charge < -0.3 is 25.2 Å². The summed E-state index contributed by atoms with van der Waals surface area (Å²) in [5.74, 6) is -0.889. The van der Waals surface area contributed by atoms with Gasteiger partial charge in [0.15, 0.2) is 0 Å². The first-order valence-corrected chi connectivity index (χ1v) is 13.6. The highest BCUT2D eigenvalue weighted by atomic mass is 16.5. The van der Waals surface area contributed by atoms with Crippen molar-refractivity contribution in [2.75, 3.05) is 32.1 Å². The lowest BCUT2D eigenvalue weighted by molar-refractivity contribution is -0.134. The second kappa shape index (κ2) is 13.4. The molecule has 2 amide bonds. The Hall–Kier alpha value is -4.28. The van der Waals surface area contributed by atoms with E-state index < -0.39 is 5.97 Å². The van der Waals surface area contributed by atoms with Crippen LogP contribution in [0.15, 0.2) is 67.0 Å². The van der Waals surface area contributed by atoms with Crippen molar-refractivity contribution >= 4 is 23.5 Å². The molecule has 1 aliphatic rings. The summed E-state index contributed by atoms with van der Waals surface area (Å²) in [6, 6.07) is 14.9. The molecule has 41 heavy (non-hydrogen) atoms. The molecule has 216 valence electrons. The fourth-order valence-electron chi connectivity index (χ4n) is 4.87. The van der Waals surface area contributed by atoms with Gasteiger partial charge in [0.1, 0.15) is 11.9 Å². The van der Waals surface area contributed by atoms with Gasteiger partial charge in [-0.2, -0.15) is 0 Å². The second-order valence-corrected chi connectivity index (χ2v) is 10.6. The van der Waals surface area contributed by atoms with E-state index in [1.165, 1.54) is 0 Å². The topological polar surface area (TPSA) is 132 Å². The van der Waals surface area contributed by atoms with E-state index in [9.17, 15) is 24.6 Å². The highest BCUT2D eigenvalue weighted by Gasteiger charge is 2.31. The number of benzene rings is 2. The molecule has 10 nitrogen and oxygen atoms in total. The number of hydrogen-bond acceptors (Lipinski definition) is 7. The molecule has 0 bridgehead atoms. The molecule has 4 rings (SSSR count). The largest absolute Gasteiger partial charge is 0.488 e. The quantitative estimate of drug-likeness (QED) is 0.363. The Morgan fingerprint density at radius 3 is 2.49 bits per heavy atom. The van der Waals surface area contributed by atoms with Crippen molar-refractivity contribution in [3.8, 4) is 5.75 Å². The molecular formula is C31H36N4O6. The lowest BCUT2D eigenvalue weighted by Crippen LogP contribution is -2.47. The van der Waals surface area contributed by atoms with E-state index in [1.54, 1.807) is 71.9 Å². The Morgan fingerprint density at radius 2 is 1.83 bits per heavy atom. The number of carboxylic acids is 1. The summed E-state index contributed by atoms with van der Waals surface area (Å²) in [7, 11) is 1.96. The van der Waals surface area contributed by atoms with E-state index in [-0.39, 0.29) is 48.5 Å². The number of likely N-dealkylation sites (N-methyl/N-ethyl adjacent to an activating group) is 1. The van der Waals surface area contributed by atoms with Gasteiger partial charge in [-0.3, -0.25) is 19.5 Å². The number of rotatable bonds is 9. The van der Waals surface area contributed by atoms with Crippen molar-refractivity contribution in [2.45, 2.75) is 39.0 Å². The van der Waals surface area contributed by atoms with Crippen molar-refractivity contribution in [1.29, 1.82) is 0 Å². The van der Waals surface area contributed by atoms with E-state index >= 15 is 0 Å². The highest BCUT2D eigenvalue weighted by molar-refractivity contribution is 6.04. The van der Waals surface area contributed by atoms with Gasteiger partial charge in [-0.05, 0) is 62.0 Å². The molecule has 3 atom stereocenters. The van der Waals surface area contributed by atoms with Crippen LogP contribution in [0.1, 0.15) is 45.7 Å². The van der Waals surface area contributed by atoms with Gasteiger partial charge >= 0.3 is 5.97 Å². The van der Waals surface area contributed by atoms with E-state index in [0.29, 0.717) is 42.2 Å². The molecule has 3 N–H and O–H groups in total. The van der Waals surface area contributed by atoms with Gasteiger partial charge in [0.05, 0.1) is 24.6 Å². The third kappa shape index (κ3) is 7.68. The van der Waals surface area contributed by atoms with Crippen molar-refractivity contribution in [1.82, 2.24) is 14.8 Å². The van der Waals surface area contributed by atoms with E-state index in [0.717, 1.165) is 5.56 Å². The maximum absolute atomic E-state index is 13.4. The normalized spacial score (nSPS) is 18.0. The molecule has 0 fully saturated rings. The molecular weight excluding hydrogens is 524 g/mol. The average Bonchev–Trinajstić information content (AvgIpc) is 3.00. The minimum atomic E-state index is -0.965. The predicted octanol–water partition coefficient (Wildman–Crippen LogP) is 3.31. The summed E-state index contributed by atoms with van der Waals surface area (Å²) in [5.41, 5.74) is 2.85.